The van der Waals surface area contributed by atoms with Crippen LogP contribution in [-0.4, -0.2) is 13.2 Å². The first kappa shape index (κ1) is 14.4. The van der Waals surface area contributed by atoms with Crippen LogP contribution in [0.25, 0.3) is 0 Å². The van der Waals surface area contributed by atoms with Crippen LogP contribution in [0.2, 0.25) is 0 Å². The van der Waals surface area contributed by atoms with E-state index in [0.29, 0.717) is 17.5 Å². The lowest BCUT2D eigenvalue weighted by Crippen LogP contribution is -2.45. The smallest absolute Gasteiger partial charge is 0.123 e. The molecule has 0 saturated heterocycles. The van der Waals surface area contributed by atoms with Crippen molar-refractivity contribution in [1.29, 1.82) is 0 Å². The molecule has 0 heterocycles. The monoisotopic (exact) mass is 261 g/mol. The molecule has 0 radical (unpaired) electrons. The van der Waals surface area contributed by atoms with Crippen LogP contribution < -0.4 is 10.1 Å². The summed E-state index contributed by atoms with van der Waals surface area (Å²) in [6, 6.07) is 9.24. The molecule has 0 aromatic heterocycles. The van der Waals surface area contributed by atoms with Crippen LogP contribution in [0, 0.1) is 5.41 Å². The largest absolute Gasteiger partial charge is 0.496 e. The van der Waals surface area contributed by atoms with Crippen LogP contribution in [0.4, 0.5) is 0 Å². The van der Waals surface area contributed by atoms with Crippen molar-refractivity contribution in [3.63, 3.8) is 0 Å². The van der Waals surface area contributed by atoms with E-state index in [4.69, 9.17) is 4.74 Å². The fourth-order valence-corrected chi connectivity index (χ4v) is 3.22. The molecule has 1 aliphatic carbocycles. The van der Waals surface area contributed by atoms with Gasteiger partial charge in [0.05, 0.1) is 7.11 Å². The maximum atomic E-state index is 5.47. The lowest BCUT2D eigenvalue weighted by atomic mass is 9.73. The summed E-state index contributed by atoms with van der Waals surface area (Å²) in [6.07, 6.45) is 5.32. The van der Waals surface area contributed by atoms with Crippen molar-refractivity contribution in [2.24, 2.45) is 5.41 Å². The second-order valence-corrected chi connectivity index (χ2v) is 6.42. The summed E-state index contributed by atoms with van der Waals surface area (Å²) < 4.78 is 5.47. The topological polar surface area (TPSA) is 21.3 Å². The van der Waals surface area contributed by atoms with Crippen molar-refractivity contribution in [3.8, 4) is 5.75 Å². The van der Waals surface area contributed by atoms with E-state index in [2.05, 4.69) is 38.2 Å². The van der Waals surface area contributed by atoms with E-state index in [-0.39, 0.29) is 0 Å². The molecule has 0 aliphatic heterocycles. The molecule has 2 unspecified atom stereocenters. The van der Waals surface area contributed by atoms with Crippen molar-refractivity contribution in [1.82, 2.24) is 5.32 Å². The number of ether oxygens (including phenoxy) is 1. The Bertz CT molecular complexity index is 413. The van der Waals surface area contributed by atoms with Gasteiger partial charge in [-0.05, 0) is 31.2 Å². The summed E-state index contributed by atoms with van der Waals surface area (Å²) in [5.41, 5.74) is 1.65. The minimum atomic E-state index is 0.332. The number of methoxy groups -OCH3 is 1. The molecule has 106 valence electrons. The van der Waals surface area contributed by atoms with Gasteiger partial charge >= 0.3 is 0 Å². The molecule has 1 aromatic rings. The van der Waals surface area contributed by atoms with E-state index >= 15 is 0 Å². The lowest BCUT2D eigenvalue weighted by molar-refractivity contribution is 0.157. The van der Waals surface area contributed by atoms with E-state index in [1.807, 2.05) is 12.1 Å². The summed E-state index contributed by atoms with van der Waals surface area (Å²) in [6.45, 7) is 7.01. The van der Waals surface area contributed by atoms with Crippen molar-refractivity contribution >= 4 is 0 Å². The van der Waals surface area contributed by atoms with Crippen molar-refractivity contribution in [2.45, 2.75) is 58.5 Å². The molecule has 2 heteroatoms. The van der Waals surface area contributed by atoms with Gasteiger partial charge in [-0.15, -0.1) is 0 Å². The van der Waals surface area contributed by atoms with Gasteiger partial charge in [-0.2, -0.15) is 0 Å². The summed E-state index contributed by atoms with van der Waals surface area (Å²) in [7, 11) is 1.75. The van der Waals surface area contributed by atoms with Gasteiger partial charge in [0.1, 0.15) is 5.75 Å². The molecule has 1 aromatic carbocycles. The highest BCUT2D eigenvalue weighted by Crippen LogP contribution is 2.37. The Balaban J connectivity index is 2.09. The van der Waals surface area contributed by atoms with Gasteiger partial charge in [-0.25, -0.2) is 0 Å². The minimum absolute atomic E-state index is 0.332. The first-order valence-electron chi connectivity index (χ1n) is 7.43. The Kier molecular flexibility index (Phi) is 4.51. The van der Waals surface area contributed by atoms with Crippen LogP contribution in [0.15, 0.2) is 24.3 Å². The van der Waals surface area contributed by atoms with Gasteiger partial charge in [0.2, 0.25) is 0 Å². The third kappa shape index (κ3) is 3.30. The normalized spacial score (nSPS) is 23.9. The molecule has 0 spiro atoms. The molecule has 0 bridgehead atoms. The standard InChI is InChI=1S/C17H27NO/c1-13(14-9-5-6-10-15(14)19-4)18-16-11-7-8-12-17(16,2)3/h5-6,9-10,13,16,18H,7-8,11-12H2,1-4H3. The zero-order valence-corrected chi connectivity index (χ0v) is 12.7. The number of para-hydroxylation sites is 1. The highest BCUT2D eigenvalue weighted by Gasteiger charge is 2.33. The van der Waals surface area contributed by atoms with Gasteiger partial charge in [0, 0.05) is 17.6 Å². The van der Waals surface area contributed by atoms with Crippen molar-refractivity contribution < 1.29 is 4.74 Å². The van der Waals surface area contributed by atoms with Crippen LogP contribution in [-0.2, 0) is 0 Å². The van der Waals surface area contributed by atoms with Crippen molar-refractivity contribution in [2.75, 3.05) is 7.11 Å². The fourth-order valence-electron chi connectivity index (χ4n) is 3.22. The third-order valence-corrected chi connectivity index (χ3v) is 4.56. The first-order chi connectivity index (χ1) is 9.04. The Morgan fingerprint density at radius 3 is 2.68 bits per heavy atom. The molecule has 1 fully saturated rings. The van der Waals surface area contributed by atoms with E-state index in [1.54, 1.807) is 7.11 Å². The van der Waals surface area contributed by atoms with E-state index < -0.39 is 0 Å². The highest BCUT2D eigenvalue weighted by molar-refractivity contribution is 5.35. The average molecular weight is 261 g/mol. The van der Waals surface area contributed by atoms with Crippen molar-refractivity contribution in [3.05, 3.63) is 29.8 Å². The molecule has 2 atom stereocenters. The maximum absolute atomic E-state index is 5.47. The van der Waals surface area contributed by atoms with Gasteiger partial charge in [-0.3, -0.25) is 0 Å². The molecule has 1 N–H and O–H groups in total. The minimum Gasteiger partial charge on any atom is -0.496 e. The highest BCUT2D eigenvalue weighted by atomic mass is 16.5. The summed E-state index contributed by atoms with van der Waals surface area (Å²) in [5.74, 6) is 0.983. The van der Waals surface area contributed by atoms with Gasteiger partial charge < -0.3 is 10.1 Å². The van der Waals surface area contributed by atoms with Gasteiger partial charge in [0.15, 0.2) is 0 Å². The molecule has 19 heavy (non-hydrogen) atoms. The number of benzene rings is 1. The SMILES string of the molecule is COc1ccccc1C(C)NC1CCCCC1(C)C. The average Bonchev–Trinajstić information content (AvgIpc) is 2.41. The Morgan fingerprint density at radius 1 is 1.26 bits per heavy atom. The Morgan fingerprint density at radius 2 is 2.00 bits per heavy atom. The fraction of sp³-hybridized carbons (Fsp3) is 0.647. The van der Waals surface area contributed by atoms with Gasteiger partial charge in [-0.1, -0.05) is 44.9 Å². The van der Waals surface area contributed by atoms with E-state index in [0.717, 1.165) is 5.75 Å². The maximum Gasteiger partial charge on any atom is 0.123 e. The number of hydrogen-bond donors (Lipinski definition) is 1. The van der Waals surface area contributed by atoms with E-state index in [9.17, 15) is 0 Å². The second kappa shape index (κ2) is 5.96. The zero-order valence-electron chi connectivity index (χ0n) is 12.7. The molecule has 1 aliphatic rings. The van der Waals surface area contributed by atoms with Crippen LogP contribution in [0.3, 0.4) is 0 Å². The summed E-state index contributed by atoms with van der Waals surface area (Å²) in [4.78, 5) is 0. The van der Waals surface area contributed by atoms with E-state index in [1.165, 1.54) is 31.2 Å². The quantitative estimate of drug-likeness (QED) is 0.871. The number of nitrogens with one attached hydrogen (secondary N) is 1. The predicted octanol–water partition coefficient (Wildman–Crippen LogP) is 4.31. The van der Waals surface area contributed by atoms with Crippen LogP contribution >= 0.6 is 0 Å². The summed E-state index contributed by atoms with van der Waals surface area (Å²) >= 11 is 0. The lowest BCUT2D eigenvalue weighted by Gasteiger charge is -2.41. The number of hydrogen-bond acceptors (Lipinski definition) is 2. The molecule has 1 saturated carbocycles. The molecular formula is C17H27NO. The second-order valence-electron chi connectivity index (χ2n) is 6.42. The molecule has 2 nitrogen and oxygen atoms in total. The zero-order chi connectivity index (χ0) is 13.9. The van der Waals surface area contributed by atoms with Gasteiger partial charge in [0.25, 0.3) is 0 Å². The molecule has 2 rings (SSSR count). The Labute approximate surface area is 117 Å². The number of rotatable bonds is 4. The van der Waals surface area contributed by atoms with Crippen LogP contribution in [0.5, 0.6) is 5.75 Å². The summed E-state index contributed by atoms with van der Waals surface area (Å²) in [5, 5.41) is 3.82. The molecular weight excluding hydrogens is 234 g/mol. The van der Waals surface area contributed by atoms with Crippen LogP contribution in [0.1, 0.15) is 58.1 Å². The first-order valence-corrected chi connectivity index (χ1v) is 7.43. The predicted molar refractivity (Wildman–Crippen MR) is 80.6 cm³/mol. The third-order valence-electron chi connectivity index (χ3n) is 4.56. The Hall–Kier alpha value is -1.02. The molecule has 0 amide bonds.